The van der Waals surface area contributed by atoms with Crippen molar-refractivity contribution in [3.63, 3.8) is 0 Å². The van der Waals surface area contributed by atoms with Crippen LogP contribution < -0.4 is 5.32 Å². The van der Waals surface area contributed by atoms with Gasteiger partial charge in [0.1, 0.15) is 0 Å². The van der Waals surface area contributed by atoms with E-state index in [0.29, 0.717) is 0 Å². The predicted octanol–water partition coefficient (Wildman–Crippen LogP) is 1.89. The smallest absolute Gasteiger partial charge is 0.0705 e. The molecular formula is C16H19N3. The van der Waals surface area contributed by atoms with Gasteiger partial charge in [-0.1, -0.05) is 18.2 Å². The van der Waals surface area contributed by atoms with E-state index in [1.807, 2.05) is 6.20 Å². The summed E-state index contributed by atoms with van der Waals surface area (Å²) < 4.78 is 0. The van der Waals surface area contributed by atoms with E-state index in [1.165, 1.54) is 37.1 Å². The van der Waals surface area contributed by atoms with Crippen LogP contribution in [-0.2, 0) is 6.54 Å². The van der Waals surface area contributed by atoms with Crippen molar-refractivity contribution < 1.29 is 0 Å². The van der Waals surface area contributed by atoms with E-state index in [4.69, 9.17) is 0 Å². The van der Waals surface area contributed by atoms with Crippen LogP contribution in [0.25, 0.3) is 10.9 Å². The second-order valence-corrected chi connectivity index (χ2v) is 5.86. The van der Waals surface area contributed by atoms with Crippen molar-refractivity contribution >= 4 is 10.9 Å². The van der Waals surface area contributed by atoms with Gasteiger partial charge in [0, 0.05) is 31.2 Å². The molecule has 3 heterocycles. The van der Waals surface area contributed by atoms with Gasteiger partial charge in [0.15, 0.2) is 0 Å². The summed E-state index contributed by atoms with van der Waals surface area (Å²) in [5.41, 5.74) is 2.53. The largest absolute Gasteiger partial charge is 0.316 e. The van der Waals surface area contributed by atoms with Crippen molar-refractivity contribution in [1.29, 1.82) is 0 Å². The van der Waals surface area contributed by atoms with Crippen molar-refractivity contribution in [3.05, 3.63) is 42.1 Å². The topological polar surface area (TPSA) is 28.2 Å². The maximum atomic E-state index is 4.45. The van der Waals surface area contributed by atoms with Gasteiger partial charge in [-0.05, 0) is 42.6 Å². The van der Waals surface area contributed by atoms with Crippen molar-refractivity contribution in [2.75, 3.05) is 26.2 Å². The lowest BCUT2D eigenvalue weighted by Crippen LogP contribution is -2.25. The van der Waals surface area contributed by atoms with Crippen molar-refractivity contribution in [1.82, 2.24) is 15.2 Å². The Morgan fingerprint density at radius 3 is 2.74 bits per heavy atom. The van der Waals surface area contributed by atoms with Crippen LogP contribution in [0.15, 0.2) is 36.5 Å². The van der Waals surface area contributed by atoms with Crippen LogP contribution in [0.1, 0.15) is 5.56 Å². The van der Waals surface area contributed by atoms with E-state index < -0.39 is 0 Å². The molecule has 98 valence electrons. The Morgan fingerprint density at radius 2 is 1.89 bits per heavy atom. The number of para-hydroxylation sites is 1. The second kappa shape index (κ2) is 4.58. The minimum absolute atomic E-state index is 0.869. The van der Waals surface area contributed by atoms with Gasteiger partial charge in [-0.3, -0.25) is 9.88 Å². The van der Waals surface area contributed by atoms with Gasteiger partial charge < -0.3 is 5.32 Å². The highest BCUT2D eigenvalue weighted by Gasteiger charge is 2.35. The third-order valence-electron chi connectivity index (χ3n) is 4.60. The molecule has 1 aromatic heterocycles. The van der Waals surface area contributed by atoms with Crippen molar-refractivity contribution in [3.8, 4) is 0 Å². The number of hydrogen-bond acceptors (Lipinski definition) is 3. The van der Waals surface area contributed by atoms with Gasteiger partial charge >= 0.3 is 0 Å². The van der Waals surface area contributed by atoms with Crippen LogP contribution in [0.2, 0.25) is 0 Å². The quantitative estimate of drug-likeness (QED) is 0.886. The van der Waals surface area contributed by atoms with Crippen molar-refractivity contribution in [2.45, 2.75) is 6.54 Å². The molecule has 3 nitrogen and oxygen atoms in total. The maximum Gasteiger partial charge on any atom is 0.0705 e. The molecule has 0 saturated carbocycles. The number of benzene rings is 1. The fourth-order valence-corrected chi connectivity index (χ4v) is 3.62. The van der Waals surface area contributed by atoms with Gasteiger partial charge in [0.25, 0.3) is 0 Å². The molecule has 19 heavy (non-hydrogen) atoms. The number of likely N-dealkylation sites (tertiary alicyclic amines) is 1. The highest BCUT2D eigenvalue weighted by Crippen LogP contribution is 2.28. The minimum atomic E-state index is 0.869. The molecule has 4 rings (SSSR count). The average molecular weight is 253 g/mol. The van der Waals surface area contributed by atoms with Crippen LogP contribution >= 0.6 is 0 Å². The number of aromatic nitrogens is 1. The first-order chi connectivity index (χ1) is 9.40. The zero-order valence-electron chi connectivity index (χ0n) is 11.0. The second-order valence-electron chi connectivity index (χ2n) is 5.86. The van der Waals surface area contributed by atoms with E-state index in [0.717, 1.165) is 23.9 Å². The van der Waals surface area contributed by atoms with Crippen LogP contribution in [0, 0.1) is 11.8 Å². The third-order valence-corrected chi connectivity index (χ3v) is 4.60. The third kappa shape index (κ3) is 2.03. The summed E-state index contributed by atoms with van der Waals surface area (Å²) in [4.78, 5) is 7.05. The summed E-state index contributed by atoms with van der Waals surface area (Å²) in [6.45, 7) is 5.97. The molecule has 2 saturated heterocycles. The fourth-order valence-electron chi connectivity index (χ4n) is 3.62. The average Bonchev–Trinajstić information content (AvgIpc) is 3.00. The minimum Gasteiger partial charge on any atom is -0.316 e. The Kier molecular flexibility index (Phi) is 2.75. The first-order valence-electron chi connectivity index (χ1n) is 7.16. The molecule has 1 aromatic carbocycles. The molecule has 2 aliphatic heterocycles. The van der Waals surface area contributed by atoms with Crippen molar-refractivity contribution in [2.24, 2.45) is 11.8 Å². The molecule has 0 spiro atoms. The Labute approximate surface area is 113 Å². The standard InChI is InChI=1S/C16H19N3/c1-2-4-16-15(3-1)12(5-6-18-16)9-19-10-13-7-17-8-14(13)11-19/h1-6,13-14,17H,7-11H2/t13-,14+. The lowest BCUT2D eigenvalue weighted by molar-refractivity contribution is 0.306. The first kappa shape index (κ1) is 11.4. The van der Waals surface area contributed by atoms with E-state index >= 15 is 0 Å². The lowest BCUT2D eigenvalue weighted by Gasteiger charge is -2.18. The summed E-state index contributed by atoms with van der Waals surface area (Å²) in [6.07, 6.45) is 1.94. The highest BCUT2D eigenvalue weighted by atomic mass is 15.2. The van der Waals surface area contributed by atoms with Gasteiger partial charge in [0.05, 0.1) is 5.52 Å². The molecule has 2 aromatic rings. The van der Waals surface area contributed by atoms with Gasteiger partial charge in [0.2, 0.25) is 0 Å². The molecule has 0 radical (unpaired) electrons. The van der Waals surface area contributed by atoms with Crippen LogP contribution in [0.5, 0.6) is 0 Å². The monoisotopic (exact) mass is 253 g/mol. The number of nitrogens with zero attached hydrogens (tertiary/aromatic N) is 2. The van der Waals surface area contributed by atoms with Gasteiger partial charge in [-0.25, -0.2) is 0 Å². The van der Waals surface area contributed by atoms with E-state index in [9.17, 15) is 0 Å². The zero-order valence-corrected chi connectivity index (χ0v) is 11.0. The number of pyridine rings is 1. The fraction of sp³-hybridized carbons (Fsp3) is 0.438. The van der Waals surface area contributed by atoms with E-state index in [2.05, 4.69) is 45.5 Å². The summed E-state index contributed by atoms with van der Waals surface area (Å²) in [7, 11) is 0. The number of hydrogen-bond donors (Lipinski definition) is 1. The van der Waals surface area contributed by atoms with E-state index in [-0.39, 0.29) is 0 Å². The molecule has 0 unspecified atom stereocenters. The first-order valence-corrected chi connectivity index (χ1v) is 7.16. The molecule has 2 atom stereocenters. The lowest BCUT2D eigenvalue weighted by atomic mass is 10.0. The predicted molar refractivity (Wildman–Crippen MR) is 76.9 cm³/mol. The molecule has 2 fully saturated rings. The Bertz CT molecular complexity index is 578. The van der Waals surface area contributed by atoms with E-state index in [1.54, 1.807) is 0 Å². The Hall–Kier alpha value is -1.45. The summed E-state index contributed by atoms with van der Waals surface area (Å²) >= 11 is 0. The normalized spacial score (nSPS) is 26.9. The SMILES string of the molecule is c1ccc2c(CN3C[C@H]4CNC[C@H]4C3)ccnc2c1. The maximum absolute atomic E-state index is 4.45. The van der Waals surface area contributed by atoms with Gasteiger partial charge in [-0.2, -0.15) is 0 Å². The molecule has 3 heteroatoms. The molecular weight excluding hydrogens is 234 g/mol. The van der Waals surface area contributed by atoms with Gasteiger partial charge in [-0.15, -0.1) is 0 Å². The van der Waals surface area contributed by atoms with Crippen LogP contribution in [0.4, 0.5) is 0 Å². The summed E-state index contributed by atoms with van der Waals surface area (Å²) in [6, 6.07) is 10.6. The summed E-state index contributed by atoms with van der Waals surface area (Å²) in [5, 5.41) is 4.81. The molecule has 1 N–H and O–H groups in total. The number of rotatable bonds is 2. The highest BCUT2D eigenvalue weighted by molar-refractivity contribution is 5.81. The summed E-state index contributed by atoms with van der Waals surface area (Å²) in [5.74, 6) is 1.74. The Balaban J connectivity index is 1.59. The molecule has 2 aliphatic rings. The molecule has 0 amide bonds. The number of fused-ring (bicyclic) bond motifs is 2. The van der Waals surface area contributed by atoms with Crippen LogP contribution in [0.3, 0.4) is 0 Å². The zero-order chi connectivity index (χ0) is 12.7. The Morgan fingerprint density at radius 1 is 1.11 bits per heavy atom. The molecule has 0 bridgehead atoms. The van der Waals surface area contributed by atoms with Crippen LogP contribution in [-0.4, -0.2) is 36.1 Å². The number of nitrogens with one attached hydrogen (secondary N) is 1. The molecule has 0 aliphatic carbocycles.